The molecule has 1 rings (SSSR count). The summed E-state index contributed by atoms with van der Waals surface area (Å²) in [5.41, 5.74) is 9.68. The van der Waals surface area contributed by atoms with Gasteiger partial charge in [-0.1, -0.05) is 36.8 Å². The van der Waals surface area contributed by atoms with E-state index in [1.165, 1.54) is 0 Å². The molecule has 1 aromatic rings. The van der Waals surface area contributed by atoms with Crippen LogP contribution in [0.15, 0.2) is 65.3 Å². The number of benzene rings is 1. The van der Waals surface area contributed by atoms with Crippen molar-refractivity contribution in [1.82, 2.24) is 5.32 Å². The van der Waals surface area contributed by atoms with Crippen molar-refractivity contribution in [3.8, 4) is 11.5 Å². The Balaban J connectivity index is 2.88. The van der Waals surface area contributed by atoms with Crippen LogP contribution in [0.25, 0.3) is 0 Å². The summed E-state index contributed by atoms with van der Waals surface area (Å²) >= 11 is 0. The van der Waals surface area contributed by atoms with Gasteiger partial charge in [0.15, 0.2) is 11.5 Å². The van der Waals surface area contributed by atoms with Crippen LogP contribution < -0.4 is 25.8 Å². The van der Waals surface area contributed by atoms with Gasteiger partial charge in [-0.3, -0.25) is 9.59 Å². The van der Waals surface area contributed by atoms with Crippen LogP contribution >= 0.6 is 0 Å². The molecule has 7 nitrogen and oxygen atoms in total. The molecule has 0 aliphatic rings. The van der Waals surface area contributed by atoms with Crippen LogP contribution in [0.2, 0.25) is 0 Å². The van der Waals surface area contributed by atoms with Crippen molar-refractivity contribution in [1.29, 1.82) is 0 Å². The number of methoxy groups -OCH3 is 2. The van der Waals surface area contributed by atoms with Gasteiger partial charge in [-0.05, 0) is 63.8 Å². The summed E-state index contributed by atoms with van der Waals surface area (Å²) in [5.74, 6) is 0.760. The number of rotatable bonds is 13. The number of allylic oxidation sites excluding steroid dienone is 5. The molecule has 0 aromatic heterocycles. The third-order valence-electron chi connectivity index (χ3n) is 5.24. The van der Waals surface area contributed by atoms with Gasteiger partial charge >= 0.3 is 0 Å². The highest BCUT2D eigenvalue weighted by Crippen LogP contribution is 2.30. The van der Waals surface area contributed by atoms with Gasteiger partial charge < -0.3 is 25.8 Å². The maximum Gasteiger partial charge on any atom is 0.255 e. The minimum atomic E-state index is -0.459. The Kier molecular flexibility index (Phi) is 12.5. The lowest BCUT2D eigenvalue weighted by Crippen LogP contribution is -2.40. The Morgan fingerprint density at radius 3 is 2.35 bits per heavy atom. The van der Waals surface area contributed by atoms with Gasteiger partial charge in [0.1, 0.15) is 0 Å². The fourth-order valence-electron chi connectivity index (χ4n) is 3.09. The largest absolute Gasteiger partial charge is 0.493 e. The monoisotopic (exact) mass is 469 g/mol. The molecular weight excluding hydrogens is 430 g/mol. The molecule has 186 valence electrons. The van der Waals surface area contributed by atoms with E-state index < -0.39 is 6.04 Å². The molecule has 2 amide bonds. The second kappa shape index (κ2) is 14.8. The van der Waals surface area contributed by atoms with Gasteiger partial charge in [0.2, 0.25) is 5.91 Å². The first-order chi connectivity index (χ1) is 16.2. The number of ether oxygens (including phenoxy) is 2. The molecule has 0 radical (unpaired) electrons. The normalized spacial score (nSPS) is 13.2. The molecule has 4 N–H and O–H groups in total. The maximum absolute atomic E-state index is 12.9. The summed E-state index contributed by atoms with van der Waals surface area (Å²) in [4.78, 5) is 24.7. The number of nitrogens with two attached hydrogens (primary N) is 1. The molecule has 0 spiro atoms. The van der Waals surface area contributed by atoms with Crippen molar-refractivity contribution in [2.24, 2.45) is 5.73 Å². The Morgan fingerprint density at radius 2 is 1.79 bits per heavy atom. The van der Waals surface area contributed by atoms with Crippen LogP contribution in [0.5, 0.6) is 11.5 Å². The van der Waals surface area contributed by atoms with E-state index in [1.54, 1.807) is 38.5 Å². The van der Waals surface area contributed by atoms with E-state index >= 15 is 0 Å². The zero-order chi connectivity index (χ0) is 25.7. The predicted molar refractivity (Wildman–Crippen MR) is 139 cm³/mol. The van der Waals surface area contributed by atoms with Crippen molar-refractivity contribution in [3.05, 3.63) is 65.3 Å². The molecular formula is C27H39N3O4. The molecule has 1 aromatic carbocycles. The summed E-state index contributed by atoms with van der Waals surface area (Å²) in [6.45, 7) is 12.3. The lowest BCUT2D eigenvalue weighted by atomic mass is 10.0. The lowest BCUT2D eigenvalue weighted by molar-refractivity contribution is -0.122. The molecule has 0 fully saturated rings. The standard InChI is InChI=1S/C27H39N3O4/c1-8-20(26(31)30-22-12-13-24(33-6)25(17-22)34-7)16-21(18(3)4)15-19(5)11-10-14-29-27(32)23(28)9-2/h8,12-13,15-17,23H,3,9-11,14,28H2,1-2,4-7H3,(H,29,32)(H,30,31)/b19-15+,20-8+,21-16-/t23-/m0/s1. The average Bonchev–Trinajstić information content (AvgIpc) is 2.83. The minimum Gasteiger partial charge on any atom is -0.493 e. The Bertz CT molecular complexity index is 961. The average molecular weight is 470 g/mol. The van der Waals surface area contributed by atoms with E-state index in [-0.39, 0.29) is 11.8 Å². The fraction of sp³-hybridized carbons (Fsp3) is 0.407. The van der Waals surface area contributed by atoms with E-state index in [1.807, 2.05) is 39.8 Å². The number of anilines is 1. The van der Waals surface area contributed by atoms with Crippen molar-refractivity contribution >= 4 is 17.5 Å². The summed E-state index contributed by atoms with van der Waals surface area (Å²) in [6, 6.07) is 4.75. The number of carbonyl (C=O) groups excluding carboxylic acids is 2. The van der Waals surface area contributed by atoms with Crippen molar-refractivity contribution in [2.75, 3.05) is 26.1 Å². The molecule has 0 heterocycles. The van der Waals surface area contributed by atoms with E-state index in [9.17, 15) is 9.59 Å². The number of amides is 2. The molecule has 34 heavy (non-hydrogen) atoms. The second-order valence-electron chi connectivity index (χ2n) is 8.05. The van der Waals surface area contributed by atoms with Crippen molar-refractivity contribution < 1.29 is 19.1 Å². The Morgan fingerprint density at radius 1 is 1.12 bits per heavy atom. The van der Waals surface area contributed by atoms with Crippen LogP contribution in [-0.2, 0) is 9.59 Å². The smallest absolute Gasteiger partial charge is 0.255 e. The highest BCUT2D eigenvalue weighted by molar-refractivity contribution is 6.06. The molecule has 0 unspecified atom stereocenters. The molecule has 0 aliphatic carbocycles. The summed E-state index contributed by atoms with van der Waals surface area (Å²) < 4.78 is 10.5. The highest BCUT2D eigenvalue weighted by Gasteiger charge is 2.12. The van der Waals surface area contributed by atoms with E-state index in [4.69, 9.17) is 15.2 Å². The maximum atomic E-state index is 12.9. The van der Waals surface area contributed by atoms with E-state index in [0.29, 0.717) is 35.7 Å². The lowest BCUT2D eigenvalue weighted by Gasteiger charge is -2.12. The number of carbonyl (C=O) groups is 2. The molecule has 0 bridgehead atoms. The van der Waals surface area contributed by atoms with Crippen LogP contribution in [0.4, 0.5) is 5.69 Å². The predicted octanol–water partition coefficient (Wildman–Crippen LogP) is 4.67. The third-order valence-corrected chi connectivity index (χ3v) is 5.24. The number of nitrogens with one attached hydrogen (secondary N) is 2. The summed E-state index contributed by atoms with van der Waals surface area (Å²) in [6.07, 6.45) is 7.82. The first-order valence-corrected chi connectivity index (χ1v) is 11.4. The van der Waals surface area contributed by atoms with Gasteiger partial charge in [-0.25, -0.2) is 0 Å². The summed E-state index contributed by atoms with van der Waals surface area (Å²) in [7, 11) is 3.11. The topological polar surface area (TPSA) is 103 Å². The summed E-state index contributed by atoms with van der Waals surface area (Å²) in [5, 5.41) is 5.75. The van der Waals surface area contributed by atoms with Crippen LogP contribution in [0.3, 0.4) is 0 Å². The first-order valence-electron chi connectivity index (χ1n) is 11.4. The third kappa shape index (κ3) is 9.27. The van der Waals surface area contributed by atoms with Crippen LogP contribution in [0.1, 0.15) is 47.0 Å². The van der Waals surface area contributed by atoms with Gasteiger partial charge in [-0.15, -0.1) is 0 Å². The Labute approximate surface area is 203 Å². The van der Waals surface area contributed by atoms with Gasteiger partial charge in [0, 0.05) is 23.9 Å². The molecule has 0 saturated heterocycles. The highest BCUT2D eigenvalue weighted by atomic mass is 16.5. The fourth-order valence-corrected chi connectivity index (χ4v) is 3.09. The van der Waals surface area contributed by atoms with E-state index in [2.05, 4.69) is 17.2 Å². The van der Waals surface area contributed by atoms with Gasteiger partial charge in [-0.2, -0.15) is 0 Å². The van der Waals surface area contributed by atoms with E-state index in [0.717, 1.165) is 29.6 Å². The first kappa shape index (κ1) is 28.7. The zero-order valence-corrected chi connectivity index (χ0v) is 21.3. The molecule has 0 saturated carbocycles. The van der Waals surface area contributed by atoms with Crippen LogP contribution in [0, 0.1) is 0 Å². The SMILES string of the molecule is C=C(C)C(=C\C(=C/C)C(=O)Nc1ccc(OC)c(OC)c1)/C=C(\C)CCCNC(=O)[C@@H](N)CC. The minimum absolute atomic E-state index is 0.120. The van der Waals surface area contributed by atoms with Crippen molar-refractivity contribution in [3.63, 3.8) is 0 Å². The van der Waals surface area contributed by atoms with Crippen molar-refractivity contribution in [2.45, 2.75) is 53.0 Å². The van der Waals surface area contributed by atoms with Crippen LogP contribution in [-0.4, -0.2) is 38.6 Å². The number of hydrogen-bond donors (Lipinski definition) is 3. The second-order valence-corrected chi connectivity index (χ2v) is 8.05. The zero-order valence-electron chi connectivity index (χ0n) is 21.3. The molecule has 7 heteroatoms. The molecule has 1 atom stereocenters. The number of hydrogen-bond acceptors (Lipinski definition) is 5. The molecule has 0 aliphatic heterocycles. The van der Waals surface area contributed by atoms with Gasteiger partial charge in [0.05, 0.1) is 20.3 Å². The quantitative estimate of drug-likeness (QED) is 0.221. The Hall–Kier alpha value is -3.32. The van der Waals surface area contributed by atoms with Gasteiger partial charge in [0.25, 0.3) is 5.91 Å².